The van der Waals surface area contributed by atoms with Crippen LogP contribution in [0.25, 0.3) is 0 Å². The molecule has 112 valence electrons. The van der Waals surface area contributed by atoms with Crippen LogP contribution >= 0.6 is 23.2 Å². The first kappa shape index (κ1) is 16.2. The molecule has 0 aromatic heterocycles. The minimum Gasteiger partial charge on any atom is -0.496 e. The maximum Gasteiger partial charge on any atom is 0.123 e. The van der Waals surface area contributed by atoms with Crippen LogP contribution in [0.3, 0.4) is 0 Å². The number of nitrogens with one attached hydrogen (secondary N) is 1. The highest BCUT2D eigenvalue weighted by atomic mass is 35.5. The molecule has 2 rings (SSSR count). The molecule has 0 spiro atoms. The lowest BCUT2D eigenvalue weighted by Crippen LogP contribution is -2.18. The first-order chi connectivity index (χ1) is 10.0. The van der Waals surface area contributed by atoms with E-state index in [0.717, 1.165) is 23.4 Å². The lowest BCUT2D eigenvalue weighted by Gasteiger charge is -2.17. The maximum atomic E-state index is 6.06. The van der Waals surface area contributed by atoms with Crippen LogP contribution in [0.4, 0.5) is 0 Å². The van der Waals surface area contributed by atoms with Gasteiger partial charge in [-0.3, -0.25) is 0 Å². The Morgan fingerprint density at radius 2 is 1.86 bits per heavy atom. The zero-order valence-corrected chi connectivity index (χ0v) is 13.9. The number of aryl methyl sites for hydroxylation is 1. The number of hydrogen-bond donors (Lipinski definition) is 1. The Balaban J connectivity index is 2.08. The van der Waals surface area contributed by atoms with Crippen molar-refractivity contribution in [3.05, 3.63) is 63.1 Å². The molecule has 4 heteroatoms. The van der Waals surface area contributed by atoms with Crippen LogP contribution in [-0.4, -0.2) is 7.11 Å². The molecule has 2 nitrogen and oxygen atoms in total. The molecule has 0 saturated carbocycles. The highest BCUT2D eigenvalue weighted by molar-refractivity contribution is 6.42. The van der Waals surface area contributed by atoms with Gasteiger partial charge in [-0.25, -0.2) is 0 Å². The number of methoxy groups -OCH3 is 1. The van der Waals surface area contributed by atoms with E-state index in [4.69, 9.17) is 27.9 Å². The molecule has 0 amide bonds. The van der Waals surface area contributed by atoms with Gasteiger partial charge in [0, 0.05) is 18.2 Å². The number of ether oxygens (including phenoxy) is 1. The molecule has 0 fully saturated rings. The number of hydrogen-bond acceptors (Lipinski definition) is 2. The van der Waals surface area contributed by atoms with Crippen molar-refractivity contribution in [2.75, 3.05) is 7.11 Å². The summed E-state index contributed by atoms with van der Waals surface area (Å²) in [6, 6.07) is 12.1. The summed E-state index contributed by atoms with van der Waals surface area (Å²) in [5.74, 6) is 0.898. The Morgan fingerprint density at radius 3 is 2.52 bits per heavy atom. The molecule has 0 heterocycles. The van der Waals surface area contributed by atoms with E-state index >= 15 is 0 Å². The Hall–Kier alpha value is -1.22. The minimum absolute atomic E-state index is 0.171. The second-order valence-corrected chi connectivity index (χ2v) is 5.91. The Bertz CT molecular complexity index is 628. The summed E-state index contributed by atoms with van der Waals surface area (Å²) in [4.78, 5) is 0. The molecule has 0 aliphatic rings. The van der Waals surface area contributed by atoms with Gasteiger partial charge in [-0.15, -0.1) is 0 Å². The van der Waals surface area contributed by atoms with Gasteiger partial charge in [-0.05, 0) is 37.6 Å². The molecule has 21 heavy (non-hydrogen) atoms. The van der Waals surface area contributed by atoms with E-state index < -0.39 is 0 Å². The van der Waals surface area contributed by atoms with Crippen LogP contribution in [0.1, 0.15) is 29.7 Å². The van der Waals surface area contributed by atoms with E-state index in [1.807, 2.05) is 30.3 Å². The normalized spacial score (nSPS) is 12.2. The molecule has 2 aromatic rings. The van der Waals surface area contributed by atoms with Crippen LogP contribution in [0, 0.1) is 6.92 Å². The van der Waals surface area contributed by atoms with Crippen molar-refractivity contribution < 1.29 is 4.74 Å². The summed E-state index contributed by atoms with van der Waals surface area (Å²) in [7, 11) is 1.69. The largest absolute Gasteiger partial charge is 0.496 e. The van der Waals surface area contributed by atoms with E-state index in [0.29, 0.717) is 10.0 Å². The summed E-state index contributed by atoms with van der Waals surface area (Å²) in [6.07, 6.45) is 0. The summed E-state index contributed by atoms with van der Waals surface area (Å²) < 4.78 is 5.39. The topological polar surface area (TPSA) is 21.3 Å². The fraction of sp³-hybridized carbons (Fsp3) is 0.294. The van der Waals surface area contributed by atoms with Crippen LogP contribution in [-0.2, 0) is 6.54 Å². The zero-order chi connectivity index (χ0) is 15.4. The summed E-state index contributed by atoms with van der Waals surface area (Å²) in [5.41, 5.74) is 3.47. The third-order valence-electron chi connectivity index (χ3n) is 3.48. The summed E-state index contributed by atoms with van der Waals surface area (Å²) in [5, 5.41) is 4.64. The van der Waals surface area contributed by atoms with E-state index in [1.54, 1.807) is 7.11 Å². The van der Waals surface area contributed by atoms with Crippen molar-refractivity contribution in [3.63, 3.8) is 0 Å². The van der Waals surface area contributed by atoms with Crippen LogP contribution in [0.2, 0.25) is 10.0 Å². The van der Waals surface area contributed by atoms with Crippen molar-refractivity contribution in [1.29, 1.82) is 0 Å². The second kappa shape index (κ2) is 7.17. The molecule has 0 saturated heterocycles. The Labute approximate surface area is 136 Å². The third kappa shape index (κ3) is 4.13. The predicted molar refractivity (Wildman–Crippen MR) is 89.4 cm³/mol. The standard InChI is InChI=1S/C17H19Cl2NO/c1-11-4-7-17(21-3)14(8-11)10-20-12(2)13-5-6-15(18)16(19)9-13/h4-9,12,20H,10H2,1-3H3. The minimum atomic E-state index is 0.171. The predicted octanol–water partition coefficient (Wildman–Crippen LogP) is 5.16. The summed E-state index contributed by atoms with van der Waals surface area (Å²) >= 11 is 12.0. The van der Waals surface area contributed by atoms with Gasteiger partial charge in [0.15, 0.2) is 0 Å². The fourth-order valence-corrected chi connectivity index (χ4v) is 2.51. The number of benzene rings is 2. The Morgan fingerprint density at radius 1 is 1.10 bits per heavy atom. The SMILES string of the molecule is COc1ccc(C)cc1CNC(C)c1ccc(Cl)c(Cl)c1. The van der Waals surface area contributed by atoms with Gasteiger partial charge in [0.1, 0.15) is 5.75 Å². The molecule has 0 bridgehead atoms. The van der Waals surface area contributed by atoms with Gasteiger partial charge in [-0.1, -0.05) is 47.0 Å². The van der Waals surface area contributed by atoms with Gasteiger partial charge >= 0.3 is 0 Å². The average molecular weight is 324 g/mol. The molecule has 0 radical (unpaired) electrons. The summed E-state index contributed by atoms with van der Waals surface area (Å²) in [6.45, 7) is 4.90. The highest BCUT2D eigenvalue weighted by Gasteiger charge is 2.09. The van der Waals surface area contributed by atoms with Gasteiger partial charge in [0.05, 0.1) is 17.2 Å². The third-order valence-corrected chi connectivity index (χ3v) is 4.22. The zero-order valence-electron chi connectivity index (χ0n) is 12.4. The van der Waals surface area contributed by atoms with Crippen LogP contribution in [0.5, 0.6) is 5.75 Å². The van der Waals surface area contributed by atoms with Crippen molar-refractivity contribution in [3.8, 4) is 5.75 Å². The second-order valence-electron chi connectivity index (χ2n) is 5.09. The van der Waals surface area contributed by atoms with Crippen molar-refractivity contribution in [2.24, 2.45) is 0 Å². The molecular weight excluding hydrogens is 305 g/mol. The monoisotopic (exact) mass is 323 g/mol. The van der Waals surface area contributed by atoms with E-state index in [2.05, 4.69) is 25.2 Å². The first-order valence-corrected chi connectivity index (χ1v) is 7.58. The fourth-order valence-electron chi connectivity index (χ4n) is 2.21. The quantitative estimate of drug-likeness (QED) is 0.820. The van der Waals surface area contributed by atoms with Crippen molar-refractivity contribution >= 4 is 23.2 Å². The highest BCUT2D eigenvalue weighted by Crippen LogP contribution is 2.26. The average Bonchev–Trinajstić information content (AvgIpc) is 2.47. The van der Waals surface area contributed by atoms with Gasteiger partial charge in [0.2, 0.25) is 0 Å². The van der Waals surface area contributed by atoms with E-state index in [9.17, 15) is 0 Å². The van der Waals surface area contributed by atoms with Gasteiger partial charge in [-0.2, -0.15) is 0 Å². The molecule has 1 unspecified atom stereocenters. The van der Waals surface area contributed by atoms with Gasteiger partial charge < -0.3 is 10.1 Å². The smallest absolute Gasteiger partial charge is 0.123 e. The van der Waals surface area contributed by atoms with Crippen LogP contribution < -0.4 is 10.1 Å². The van der Waals surface area contributed by atoms with Crippen molar-refractivity contribution in [1.82, 2.24) is 5.32 Å². The Kier molecular flexibility index (Phi) is 5.51. The molecular formula is C17H19Cl2NO. The lowest BCUT2D eigenvalue weighted by atomic mass is 10.1. The van der Waals surface area contributed by atoms with Crippen molar-refractivity contribution in [2.45, 2.75) is 26.4 Å². The van der Waals surface area contributed by atoms with E-state index in [1.165, 1.54) is 5.56 Å². The molecule has 0 aliphatic heterocycles. The molecule has 2 aromatic carbocycles. The maximum absolute atomic E-state index is 6.06. The van der Waals surface area contributed by atoms with Crippen LogP contribution in [0.15, 0.2) is 36.4 Å². The number of halogens is 2. The lowest BCUT2D eigenvalue weighted by molar-refractivity contribution is 0.406. The molecule has 0 aliphatic carbocycles. The van der Waals surface area contributed by atoms with Gasteiger partial charge in [0.25, 0.3) is 0 Å². The number of rotatable bonds is 5. The first-order valence-electron chi connectivity index (χ1n) is 6.83. The van der Waals surface area contributed by atoms with E-state index in [-0.39, 0.29) is 6.04 Å². The molecule has 1 atom stereocenters. The molecule has 1 N–H and O–H groups in total.